The predicted molar refractivity (Wildman–Crippen MR) is 104 cm³/mol. The second kappa shape index (κ2) is 7.29. The van der Waals surface area contributed by atoms with Crippen LogP contribution < -0.4 is 10.1 Å². The summed E-state index contributed by atoms with van der Waals surface area (Å²) in [6.07, 6.45) is 3.68. The number of ether oxygens (including phenoxy) is 1. The van der Waals surface area contributed by atoms with Crippen LogP contribution in [0.4, 0.5) is 5.69 Å². The maximum atomic E-state index is 12.2. The minimum atomic E-state index is -0.0946. The van der Waals surface area contributed by atoms with Crippen LogP contribution in [0.2, 0.25) is 0 Å². The van der Waals surface area contributed by atoms with Gasteiger partial charge in [-0.25, -0.2) is 9.97 Å². The second-order valence-electron chi connectivity index (χ2n) is 6.08. The molecule has 2 heterocycles. The Morgan fingerprint density at radius 2 is 1.85 bits per heavy atom. The molecule has 134 valence electrons. The van der Waals surface area contributed by atoms with Crippen LogP contribution in [0, 0.1) is 0 Å². The minimum Gasteiger partial charge on any atom is -0.497 e. The van der Waals surface area contributed by atoms with E-state index >= 15 is 0 Å². The van der Waals surface area contributed by atoms with Crippen LogP contribution >= 0.6 is 0 Å². The van der Waals surface area contributed by atoms with Crippen molar-refractivity contribution < 1.29 is 9.53 Å². The van der Waals surface area contributed by atoms with Crippen LogP contribution in [-0.4, -0.2) is 27.6 Å². The highest BCUT2D eigenvalue weighted by Gasteiger charge is 2.07. The number of nitrogens with one attached hydrogen (secondary N) is 1. The summed E-state index contributed by atoms with van der Waals surface area (Å²) in [7, 11) is 1.62. The van der Waals surface area contributed by atoms with E-state index in [-0.39, 0.29) is 12.3 Å². The molecule has 0 saturated carbocycles. The number of fused-ring (bicyclic) bond motifs is 1. The predicted octanol–water partition coefficient (Wildman–Crippen LogP) is 3.61. The number of aromatic nitrogens is 3. The number of hydrogen-bond donors (Lipinski definition) is 1. The average Bonchev–Trinajstić information content (AvgIpc) is 3.13. The molecule has 0 unspecified atom stereocenters. The van der Waals surface area contributed by atoms with Crippen LogP contribution in [0.1, 0.15) is 5.56 Å². The quantitative estimate of drug-likeness (QED) is 0.592. The van der Waals surface area contributed by atoms with Crippen molar-refractivity contribution in [1.82, 2.24) is 14.5 Å². The molecule has 0 bridgehead atoms. The molecule has 0 aliphatic heterocycles. The standard InChI is InChI=1S/C21H18N4O2/c1-27-17-9-6-15(7-10-17)12-21(26)24-16-8-11-20(22-13-16)25-14-23-18-4-2-3-5-19(18)25/h2-11,13-14H,12H2,1H3,(H,24,26). The summed E-state index contributed by atoms with van der Waals surface area (Å²) < 4.78 is 7.04. The van der Waals surface area contributed by atoms with Gasteiger partial charge in [0.25, 0.3) is 0 Å². The molecule has 2 aromatic carbocycles. The van der Waals surface area contributed by atoms with Gasteiger partial charge in [0.1, 0.15) is 17.9 Å². The molecule has 0 fully saturated rings. The van der Waals surface area contributed by atoms with Gasteiger partial charge >= 0.3 is 0 Å². The number of imidazole rings is 1. The molecule has 4 aromatic rings. The smallest absolute Gasteiger partial charge is 0.228 e. The maximum Gasteiger partial charge on any atom is 0.228 e. The van der Waals surface area contributed by atoms with Crippen LogP contribution in [0.25, 0.3) is 16.9 Å². The molecule has 0 aliphatic carbocycles. The SMILES string of the molecule is COc1ccc(CC(=O)Nc2ccc(-n3cnc4ccccc43)nc2)cc1. The van der Waals surface area contributed by atoms with E-state index in [0.29, 0.717) is 5.69 Å². The van der Waals surface area contributed by atoms with Crippen molar-refractivity contribution in [2.24, 2.45) is 0 Å². The highest BCUT2D eigenvalue weighted by molar-refractivity contribution is 5.92. The first-order chi connectivity index (χ1) is 13.2. The maximum absolute atomic E-state index is 12.2. The fourth-order valence-corrected chi connectivity index (χ4v) is 2.88. The third kappa shape index (κ3) is 3.64. The third-order valence-electron chi connectivity index (χ3n) is 4.26. The van der Waals surface area contributed by atoms with E-state index in [0.717, 1.165) is 28.2 Å². The highest BCUT2D eigenvalue weighted by atomic mass is 16.5. The molecule has 27 heavy (non-hydrogen) atoms. The summed E-state index contributed by atoms with van der Waals surface area (Å²) in [6, 6.07) is 19.0. The van der Waals surface area contributed by atoms with Gasteiger partial charge in [0.15, 0.2) is 0 Å². The highest BCUT2D eigenvalue weighted by Crippen LogP contribution is 2.18. The van der Waals surface area contributed by atoms with Gasteiger partial charge in [0, 0.05) is 0 Å². The molecule has 0 saturated heterocycles. The van der Waals surface area contributed by atoms with Crippen molar-refractivity contribution in [3.8, 4) is 11.6 Å². The van der Waals surface area contributed by atoms with E-state index in [9.17, 15) is 4.79 Å². The monoisotopic (exact) mass is 358 g/mol. The van der Waals surface area contributed by atoms with Crippen molar-refractivity contribution in [1.29, 1.82) is 0 Å². The van der Waals surface area contributed by atoms with E-state index in [1.165, 1.54) is 0 Å². The lowest BCUT2D eigenvalue weighted by Crippen LogP contribution is -2.14. The number of amides is 1. The number of carbonyl (C=O) groups is 1. The van der Waals surface area contributed by atoms with Gasteiger partial charge in [0.05, 0.1) is 36.4 Å². The van der Waals surface area contributed by atoms with Gasteiger partial charge in [-0.05, 0) is 42.0 Å². The van der Waals surface area contributed by atoms with Crippen molar-refractivity contribution in [3.63, 3.8) is 0 Å². The lowest BCUT2D eigenvalue weighted by molar-refractivity contribution is -0.115. The van der Waals surface area contributed by atoms with Crippen LogP contribution in [0.3, 0.4) is 0 Å². The van der Waals surface area contributed by atoms with Crippen LogP contribution in [-0.2, 0) is 11.2 Å². The summed E-state index contributed by atoms with van der Waals surface area (Å²) >= 11 is 0. The lowest BCUT2D eigenvalue weighted by atomic mass is 10.1. The normalized spacial score (nSPS) is 10.7. The minimum absolute atomic E-state index is 0.0946. The molecular formula is C21H18N4O2. The summed E-state index contributed by atoms with van der Waals surface area (Å²) in [5.41, 5.74) is 3.47. The Morgan fingerprint density at radius 3 is 2.59 bits per heavy atom. The van der Waals surface area contributed by atoms with Gasteiger partial charge in [-0.1, -0.05) is 24.3 Å². The first kappa shape index (κ1) is 16.8. The Kier molecular flexibility index (Phi) is 4.53. The fraction of sp³-hybridized carbons (Fsp3) is 0.0952. The molecule has 2 aromatic heterocycles. The molecule has 0 aliphatic rings. The fourth-order valence-electron chi connectivity index (χ4n) is 2.88. The van der Waals surface area contributed by atoms with Gasteiger partial charge in [-0.15, -0.1) is 0 Å². The van der Waals surface area contributed by atoms with E-state index in [2.05, 4.69) is 15.3 Å². The number of pyridine rings is 1. The topological polar surface area (TPSA) is 69.0 Å². The number of methoxy groups -OCH3 is 1. The number of hydrogen-bond acceptors (Lipinski definition) is 4. The van der Waals surface area contributed by atoms with Gasteiger partial charge < -0.3 is 10.1 Å². The summed E-state index contributed by atoms with van der Waals surface area (Å²) in [4.78, 5) is 21.1. The Bertz CT molecular complexity index is 1070. The first-order valence-corrected chi connectivity index (χ1v) is 8.54. The van der Waals surface area contributed by atoms with Gasteiger partial charge in [0.2, 0.25) is 5.91 Å². The zero-order chi connectivity index (χ0) is 18.6. The Hall–Kier alpha value is -3.67. The van der Waals surface area contributed by atoms with Crippen molar-refractivity contribution in [2.75, 3.05) is 12.4 Å². The first-order valence-electron chi connectivity index (χ1n) is 8.54. The largest absolute Gasteiger partial charge is 0.497 e. The van der Waals surface area contributed by atoms with Crippen molar-refractivity contribution >= 4 is 22.6 Å². The Balaban J connectivity index is 1.45. The number of rotatable bonds is 5. The van der Waals surface area contributed by atoms with E-state index in [1.54, 1.807) is 19.6 Å². The number of nitrogens with zero attached hydrogens (tertiary/aromatic N) is 3. The zero-order valence-electron chi connectivity index (χ0n) is 14.8. The Labute approximate surface area is 156 Å². The molecule has 6 nitrogen and oxygen atoms in total. The van der Waals surface area contributed by atoms with E-state index in [4.69, 9.17) is 4.74 Å². The molecule has 4 rings (SSSR count). The van der Waals surface area contributed by atoms with Crippen LogP contribution in [0.15, 0.2) is 73.2 Å². The molecule has 6 heteroatoms. The third-order valence-corrected chi connectivity index (χ3v) is 4.26. The average molecular weight is 358 g/mol. The van der Waals surface area contributed by atoms with Crippen molar-refractivity contribution in [2.45, 2.75) is 6.42 Å². The second-order valence-corrected chi connectivity index (χ2v) is 6.08. The van der Waals surface area contributed by atoms with Gasteiger partial charge in [-0.3, -0.25) is 9.36 Å². The van der Waals surface area contributed by atoms with E-state index in [1.807, 2.05) is 65.2 Å². The van der Waals surface area contributed by atoms with Gasteiger partial charge in [-0.2, -0.15) is 0 Å². The molecule has 0 radical (unpaired) electrons. The van der Waals surface area contributed by atoms with Crippen molar-refractivity contribution in [3.05, 3.63) is 78.8 Å². The summed E-state index contributed by atoms with van der Waals surface area (Å²) in [5, 5.41) is 2.87. The summed E-state index contributed by atoms with van der Waals surface area (Å²) in [6.45, 7) is 0. The molecule has 0 atom stereocenters. The molecule has 1 amide bonds. The molecule has 1 N–H and O–H groups in total. The van der Waals surface area contributed by atoms with Crippen LogP contribution in [0.5, 0.6) is 5.75 Å². The summed E-state index contributed by atoms with van der Waals surface area (Å²) in [5.74, 6) is 1.42. The number of anilines is 1. The number of benzene rings is 2. The van der Waals surface area contributed by atoms with E-state index < -0.39 is 0 Å². The lowest BCUT2D eigenvalue weighted by Gasteiger charge is -2.08. The molecular weight excluding hydrogens is 340 g/mol. The molecule has 0 spiro atoms. The number of para-hydroxylation sites is 2. The zero-order valence-corrected chi connectivity index (χ0v) is 14.8. The Morgan fingerprint density at radius 1 is 1.04 bits per heavy atom. The number of carbonyl (C=O) groups excluding carboxylic acids is 1.